The van der Waals surface area contributed by atoms with E-state index in [-0.39, 0.29) is 6.61 Å². The van der Waals surface area contributed by atoms with Crippen molar-refractivity contribution < 1.29 is 14.6 Å². The van der Waals surface area contributed by atoms with Crippen LogP contribution in [-0.2, 0) is 0 Å². The van der Waals surface area contributed by atoms with Crippen molar-refractivity contribution in [1.29, 1.82) is 0 Å². The molecular formula is C19H29NO3. The number of ether oxygens (including phenoxy) is 2. The Morgan fingerprint density at radius 2 is 2.04 bits per heavy atom. The van der Waals surface area contributed by atoms with E-state index in [1.807, 2.05) is 37.3 Å². The van der Waals surface area contributed by atoms with E-state index in [9.17, 15) is 5.11 Å². The average Bonchev–Trinajstić information content (AvgIpc) is 2.59. The molecule has 1 aromatic rings. The van der Waals surface area contributed by atoms with Crippen molar-refractivity contribution in [3.8, 4) is 11.5 Å². The number of benzene rings is 1. The Hall–Kier alpha value is -1.52. The zero-order chi connectivity index (χ0) is 16.5. The van der Waals surface area contributed by atoms with E-state index in [0.29, 0.717) is 24.1 Å². The quantitative estimate of drug-likeness (QED) is 0.771. The number of aliphatic hydroxyl groups is 1. The van der Waals surface area contributed by atoms with Gasteiger partial charge in [0.2, 0.25) is 0 Å². The van der Waals surface area contributed by atoms with Crippen LogP contribution in [0.2, 0.25) is 0 Å². The maximum atomic E-state index is 10.1. The highest BCUT2D eigenvalue weighted by Crippen LogP contribution is 2.28. The molecule has 0 amide bonds. The summed E-state index contributed by atoms with van der Waals surface area (Å²) in [7, 11) is 1.63. The van der Waals surface area contributed by atoms with Gasteiger partial charge in [-0.1, -0.05) is 37.5 Å². The molecule has 0 bridgehead atoms. The maximum absolute atomic E-state index is 10.1. The van der Waals surface area contributed by atoms with E-state index in [1.54, 1.807) is 7.11 Å². The van der Waals surface area contributed by atoms with Crippen LogP contribution in [0.4, 0.5) is 0 Å². The zero-order valence-electron chi connectivity index (χ0n) is 14.3. The molecule has 0 spiro atoms. The van der Waals surface area contributed by atoms with Gasteiger partial charge in [-0.05, 0) is 37.5 Å². The van der Waals surface area contributed by atoms with Crippen LogP contribution >= 0.6 is 0 Å². The molecule has 1 aromatic carbocycles. The molecule has 0 saturated heterocycles. The van der Waals surface area contributed by atoms with Crippen molar-refractivity contribution in [2.75, 3.05) is 20.3 Å². The fourth-order valence-corrected chi connectivity index (χ4v) is 2.95. The summed E-state index contributed by atoms with van der Waals surface area (Å²) in [5.41, 5.74) is 1.07. The molecule has 1 atom stereocenters. The minimum atomic E-state index is -0.517. The Morgan fingerprint density at radius 1 is 1.26 bits per heavy atom. The topological polar surface area (TPSA) is 50.7 Å². The number of hydrogen-bond donors (Lipinski definition) is 2. The summed E-state index contributed by atoms with van der Waals surface area (Å²) in [4.78, 5) is 0. The molecule has 0 aromatic heterocycles. The van der Waals surface area contributed by atoms with E-state index in [4.69, 9.17) is 9.47 Å². The van der Waals surface area contributed by atoms with Crippen LogP contribution in [0.25, 0.3) is 6.08 Å². The lowest BCUT2D eigenvalue weighted by molar-refractivity contribution is 0.100. The number of allylic oxidation sites excluding steroid dienone is 1. The van der Waals surface area contributed by atoms with Gasteiger partial charge in [-0.2, -0.15) is 0 Å². The molecule has 128 valence electrons. The lowest BCUT2D eigenvalue weighted by Crippen LogP contribution is -2.38. The predicted octanol–water partition coefficient (Wildman–Crippen LogP) is 3.39. The van der Waals surface area contributed by atoms with Crippen molar-refractivity contribution in [3.63, 3.8) is 0 Å². The summed E-state index contributed by atoms with van der Waals surface area (Å²) in [6, 6.07) is 6.34. The van der Waals surface area contributed by atoms with Crippen molar-refractivity contribution in [1.82, 2.24) is 5.32 Å². The van der Waals surface area contributed by atoms with Crippen molar-refractivity contribution >= 4 is 6.08 Å². The van der Waals surface area contributed by atoms with Gasteiger partial charge in [-0.3, -0.25) is 0 Å². The lowest BCUT2D eigenvalue weighted by Gasteiger charge is -2.24. The van der Waals surface area contributed by atoms with Gasteiger partial charge >= 0.3 is 0 Å². The van der Waals surface area contributed by atoms with Gasteiger partial charge < -0.3 is 19.9 Å². The molecular weight excluding hydrogens is 290 g/mol. The van der Waals surface area contributed by atoms with E-state index in [0.717, 1.165) is 5.56 Å². The minimum absolute atomic E-state index is 0.263. The minimum Gasteiger partial charge on any atom is -0.493 e. The van der Waals surface area contributed by atoms with Gasteiger partial charge in [0.1, 0.15) is 12.7 Å². The van der Waals surface area contributed by atoms with Gasteiger partial charge in [0.25, 0.3) is 0 Å². The molecule has 1 unspecified atom stereocenters. The van der Waals surface area contributed by atoms with Gasteiger partial charge in [0, 0.05) is 12.6 Å². The van der Waals surface area contributed by atoms with Crippen LogP contribution in [0.15, 0.2) is 24.3 Å². The molecule has 1 aliphatic carbocycles. The van der Waals surface area contributed by atoms with Crippen LogP contribution < -0.4 is 14.8 Å². The van der Waals surface area contributed by atoms with Gasteiger partial charge in [-0.15, -0.1) is 0 Å². The third kappa shape index (κ3) is 5.88. The van der Waals surface area contributed by atoms with Crippen LogP contribution in [-0.4, -0.2) is 37.5 Å². The highest BCUT2D eigenvalue weighted by Gasteiger charge is 2.15. The van der Waals surface area contributed by atoms with Crippen LogP contribution in [0.3, 0.4) is 0 Å². The fourth-order valence-electron chi connectivity index (χ4n) is 2.95. The summed E-state index contributed by atoms with van der Waals surface area (Å²) in [6.45, 7) is 2.81. The molecule has 4 nitrogen and oxygen atoms in total. The van der Waals surface area contributed by atoms with Crippen LogP contribution in [0.5, 0.6) is 11.5 Å². The Balaban J connectivity index is 1.79. The Labute approximate surface area is 139 Å². The Bertz CT molecular complexity index is 495. The fraction of sp³-hybridized carbons (Fsp3) is 0.579. The summed E-state index contributed by atoms with van der Waals surface area (Å²) < 4.78 is 11.1. The monoisotopic (exact) mass is 319 g/mol. The molecule has 0 heterocycles. The highest BCUT2D eigenvalue weighted by atomic mass is 16.5. The van der Waals surface area contributed by atoms with E-state index < -0.39 is 6.10 Å². The van der Waals surface area contributed by atoms with Gasteiger partial charge in [-0.25, -0.2) is 0 Å². The highest BCUT2D eigenvalue weighted by molar-refractivity contribution is 5.55. The largest absolute Gasteiger partial charge is 0.493 e. The third-order valence-corrected chi connectivity index (χ3v) is 4.23. The lowest BCUT2D eigenvalue weighted by atomic mass is 9.95. The number of aliphatic hydroxyl groups excluding tert-OH is 1. The predicted molar refractivity (Wildman–Crippen MR) is 94.1 cm³/mol. The molecule has 23 heavy (non-hydrogen) atoms. The number of methoxy groups -OCH3 is 1. The summed E-state index contributed by atoms with van der Waals surface area (Å²) in [5, 5.41) is 13.5. The molecule has 2 N–H and O–H groups in total. The first-order valence-electron chi connectivity index (χ1n) is 8.58. The van der Waals surface area contributed by atoms with Crippen LogP contribution in [0, 0.1) is 0 Å². The molecule has 1 aliphatic rings. The van der Waals surface area contributed by atoms with E-state index >= 15 is 0 Å². The summed E-state index contributed by atoms with van der Waals surface area (Å²) in [5.74, 6) is 1.35. The summed E-state index contributed by atoms with van der Waals surface area (Å²) >= 11 is 0. The van der Waals surface area contributed by atoms with E-state index in [1.165, 1.54) is 32.1 Å². The molecule has 0 aliphatic heterocycles. The van der Waals surface area contributed by atoms with Crippen molar-refractivity contribution in [2.24, 2.45) is 0 Å². The Kier molecular flexibility index (Phi) is 7.43. The van der Waals surface area contributed by atoms with Crippen molar-refractivity contribution in [2.45, 2.75) is 51.2 Å². The number of rotatable bonds is 8. The second-order valence-electron chi connectivity index (χ2n) is 6.12. The molecule has 4 heteroatoms. The average molecular weight is 319 g/mol. The van der Waals surface area contributed by atoms with Crippen molar-refractivity contribution in [3.05, 3.63) is 29.8 Å². The first-order chi connectivity index (χ1) is 11.2. The summed E-state index contributed by atoms with van der Waals surface area (Å²) in [6.07, 6.45) is 9.83. The van der Waals surface area contributed by atoms with E-state index in [2.05, 4.69) is 5.32 Å². The third-order valence-electron chi connectivity index (χ3n) is 4.23. The second kappa shape index (κ2) is 9.58. The first-order valence-corrected chi connectivity index (χ1v) is 8.58. The van der Waals surface area contributed by atoms with Gasteiger partial charge in [0.15, 0.2) is 11.5 Å². The van der Waals surface area contributed by atoms with Gasteiger partial charge in [0.05, 0.1) is 7.11 Å². The Morgan fingerprint density at radius 3 is 2.74 bits per heavy atom. The number of hydrogen-bond acceptors (Lipinski definition) is 4. The zero-order valence-corrected chi connectivity index (χ0v) is 14.3. The molecule has 1 saturated carbocycles. The SMILES string of the molecule is CC=Cc1ccc(OCC(O)CNC2CCCCC2)c(OC)c1. The number of nitrogens with one attached hydrogen (secondary N) is 1. The standard InChI is InChI=1S/C19H29NO3/c1-3-7-15-10-11-18(19(12-15)22-2)23-14-17(21)13-20-16-8-5-4-6-9-16/h3,7,10-12,16-17,20-21H,4-6,8-9,13-14H2,1-2H3. The molecule has 1 fully saturated rings. The smallest absolute Gasteiger partial charge is 0.161 e. The van der Waals surface area contributed by atoms with Crippen LogP contribution in [0.1, 0.15) is 44.6 Å². The molecule has 2 rings (SSSR count). The first kappa shape index (κ1) is 17.8. The second-order valence-corrected chi connectivity index (χ2v) is 6.12. The molecule has 0 radical (unpaired) electrons. The normalized spacial score (nSPS) is 17.3. The maximum Gasteiger partial charge on any atom is 0.161 e.